The number of nitrogens with zero attached hydrogens (tertiary/aromatic N) is 2. The quantitative estimate of drug-likeness (QED) is 0.405. The van der Waals surface area contributed by atoms with Crippen LogP contribution in [-0.4, -0.2) is 20.4 Å². The van der Waals surface area contributed by atoms with E-state index in [1.54, 1.807) is 0 Å². The lowest BCUT2D eigenvalue weighted by Gasteiger charge is -2.17. The number of aromatic amines is 1. The number of imidazole rings is 1. The summed E-state index contributed by atoms with van der Waals surface area (Å²) in [5, 5.41) is 3.18. The lowest BCUT2D eigenvalue weighted by molar-refractivity contribution is -0.121. The predicted molar refractivity (Wildman–Crippen MR) is 115 cm³/mol. The molecule has 0 saturated heterocycles. The number of hydrogen-bond acceptors (Lipinski definition) is 2. The van der Waals surface area contributed by atoms with Crippen LogP contribution in [0.5, 0.6) is 0 Å². The number of H-pyrrole nitrogens is 1. The van der Waals surface area contributed by atoms with Crippen LogP contribution in [0.2, 0.25) is 0 Å². The largest absolute Gasteiger partial charge is 0.354 e. The maximum absolute atomic E-state index is 12.6. The van der Waals surface area contributed by atoms with E-state index in [9.17, 15) is 4.79 Å². The van der Waals surface area contributed by atoms with E-state index in [2.05, 4.69) is 27.3 Å². The van der Waals surface area contributed by atoms with Crippen LogP contribution < -0.4 is 5.32 Å². The third-order valence-electron chi connectivity index (χ3n) is 5.11. The molecule has 4 aromatic rings. The minimum Gasteiger partial charge on any atom is -0.354 e. The van der Waals surface area contributed by atoms with Gasteiger partial charge in [0.25, 0.3) is 0 Å². The molecule has 1 atom stereocenters. The average Bonchev–Trinajstić information content (AvgIpc) is 3.42. The standard InChI is InChI=1S/C24H26N4O/c29-22(15-5-2-8-16-28-17-9-10-18-28)27-23(19-11-3-1-4-12-19)24-25-20-13-6-7-14-21(20)26-24/h1,3-4,6-7,9-14,17-18,23H,2,5,8,15-16H2,(H,25,26)(H,27,29)/t23-/m0/s1. The van der Waals surface area contributed by atoms with Crippen LogP contribution in [0.3, 0.4) is 0 Å². The number of aryl methyl sites for hydroxylation is 1. The fraction of sp³-hybridized carbons (Fsp3) is 0.250. The first-order chi connectivity index (χ1) is 14.3. The van der Waals surface area contributed by atoms with Crippen molar-refractivity contribution >= 4 is 16.9 Å². The number of fused-ring (bicyclic) bond motifs is 1. The Morgan fingerprint density at radius 3 is 2.48 bits per heavy atom. The number of unbranched alkanes of at least 4 members (excludes halogenated alkanes) is 2. The summed E-state index contributed by atoms with van der Waals surface area (Å²) in [5.74, 6) is 0.818. The van der Waals surface area contributed by atoms with E-state index in [0.29, 0.717) is 6.42 Å². The van der Waals surface area contributed by atoms with Gasteiger partial charge < -0.3 is 14.9 Å². The minimum absolute atomic E-state index is 0.0558. The Balaban J connectivity index is 1.38. The van der Waals surface area contributed by atoms with Gasteiger partial charge >= 0.3 is 0 Å². The molecule has 1 amide bonds. The maximum Gasteiger partial charge on any atom is 0.220 e. The summed E-state index contributed by atoms with van der Waals surface area (Å²) in [6.07, 6.45) is 7.67. The fourth-order valence-electron chi connectivity index (χ4n) is 3.57. The van der Waals surface area contributed by atoms with Crippen LogP contribution in [0.4, 0.5) is 0 Å². The Morgan fingerprint density at radius 2 is 1.69 bits per heavy atom. The van der Waals surface area contributed by atoms with E-state index in [4.69, 9.17) is 4.98 Å². The molecule has 0 bridgehead atoms. The minimum atomic E-state index is -0.282. The molecule has 2 heterocycles. The van der Waals surface area contributed by atoms with Crippen LogP contribution in [0.1, 0.15) is 43.1 Å². The molecule has 5 nitrogen and oxygen atoms in total. The Bertz CT molecular complexity index is 1000. The van der Waals surface area contributed by atoms with Gasteiger partial charge in [0.1, 0.15) is 11.9 Å². The third kappa shape index (κ3) is 4.93. The van der Waals surface area contributed by atoms with E-state index in [-0.39, 0.29) is 11.9 Å². The van der Waals surface area contributed by atoms with Crippen molar-refractivity contribution in [2.75, 3.05) is 0 Å². The van der Waals surface area contributed by atoms with Gasteiger partial charge in [-0.05, 0) is 42.7 Å². The molecule has 0 fully saturated rings. The summed E-state index contributed by atoms with van der Waals surface area (Å²) in [5.41, 5.74) is 2.90. The first-order valence-electron chi connectivity index (χ1n) is 10.2. The highest BCUT2D eigenvalue weighted by atomic mass is 16.1. The summed E-state index contributed by atoms with van der Waals surface area (Å²) >= 11 is 0. The lowest BCUT2D eigenvalue weighted by atomic mass is 10.1. The van der Waals surface area contributed by atoms with Gasteiger partial charge in [-0.1, -0.05) is 48.9 Å². The number of benzene rings is 2. The number of nitrogens with one attached hydrogen (secondary N) is 2. The van der Waals surface area contributed by atoms with Crippen LogP contribution in [0.25, 0.3) is 11.0 Å². The zero-order valence-corrected chi connectivity index (χ0v) is 16.4. The van der Waals surface area contributed by atoms with Gasteiger partial charge in [-0.25, -0.2) is 4.98 Å². The van der Waals surface area contributed by atoms with E-state index in [0.717, 1.165) is 48.2 Å². The van der Waals surface area contributed by atoms with Crippen molar-refractivity contribution in [1.29, 1.82) is 0 Å². The van der Waals surface area contributed by atoms with Crippen molar-refractivity contribution in [2.45, 2.75) is 38.3 Å². The van der Waals surface area contributed by atoms with Gasteiger partial charge in [-0.2, -0.15) is 0 Å². The van der Waals surface area contributed by atoms with Gasteiger partial charge in [0.05, 0.1) is 11.0 Å². The molecule has 0 radical (unpaired) electrons. The molecule has 148 valence electrons. The zero-order valence-electron chi connectivity index (χ0n) is 16.4. The predicted octanol–water partition coefficient (Wildman–Crippen LogP) is 4.83. The molecule has 5 heteroatoms. The van der Waals surface area contributed by atoms with Crippen LogP contribution >= 0.6 is 0 Å². The number of rotatable bonds is 9. The van der Waals surface area contributed by atoms with Gasteiger partial charge in [0.2, 0.25) is 5.91 Å². The number of hydrogen-bond donors (Lipinski definition) is 2. The smallest absolute Gasteiger partial charge is 0.220 e. The molecular formula is C24H26N4O. The molecule has 0 saturated carbocycles. The second-order valence-electron chi connectivity index (χ2n) is 7.28. The van der Waals surface area contributed by atoms with Gasteiger partial charge in [0, 0.05) is 25.4 Å². The Labute approximate surface area is 170 Å². The zero-order chi connectivity index (χ0) is 19.9. The van der Waals surface area contributed by atoms with E-state index >= 15 is 0 Å². The molecule has 2 aromatic carbocycles. The van der Waals surface area contributed by atoms with Gasteiger partial charge in [0.15, 0.2) is 0 Å². The van der Waals surface area contributed by atoms with Crippen molar-refractivity contribution in [1.82, 2.24) is 19.9 Å². The highest BCUT2D eigenvalue weighted by molar-refractivity contribution is 5.78. The molecule has 0 aliphatic heterocycles. The van der Waals surface area contributed by atoms with Crippen molar-refractivity contribution in [2.24, 2.45) is 0 Å². The summed E-state index contributed by atoms with van der Waals surface area (Å²) in [6, 6.07) is 21.7. The highest BCUT2D eigenvalue weighted by Gasteiger charge is 2.20. The lowest BCUT2D eigenvalue weighted by Crippen LogP contribution is -2.29. The first kappa shape index (κ1) is 19.0. The van der Waals surface area contributed by atoms with Crippen molar-refractivity contribution in [3.63, 3.8) is 0 Å². The first-order valence-corrected chi connectivity index (χ1v) is 10.2. The molecule has 0 spiro atoms. The number of aromatic nitrogens is 3. The van der Waals surface area contributed by atoms with Gasteiger partial charge in [-0.15, -0.1) is 0 Å². The Kier molecular flexibility index (Phi) is 6.05. The molecule has 4 rings (SSSR count). The summed E-state index contributed by atoms with van der Waals surface area (Å²) in [6.45, 7) is 1.00. The highest BCUT2D eigenvalue weighted by Crippen LogP contribution is 2.22. The van der Waals surface area contributed by atoms with Crippen LogP contribution in [0.15, 0.2) is 79.1 Å². The Hall–Kier alpha value is -3.34. The van der Waals surface area contributed by atoms with E-state index in [1.165, 1.54) is 0 Å². The normalized spacial score (nSPS) is 12.1. The van der Waals surface area contributed by atoms with Crippen molar-refractivity contribution in [3.8, 4) is 0 Å². The molecule has 0 aliphatic carbocycles. The topological polar surface area (TPSA) is 62.7 Å². The second-order valence-corrected chi connectivity index (χ2v) is 7.28. The number of carbonyl (C=O) groups excluding carboxylic acids is 1. The second kappa shape index (κ2) is 9.24. The number of amides is 1. The SMILES string of the molecule is O=C(CCCCCn1cccc1)N[C@@H](c1ccccc1)c1nc2ccccc2[nH]1. The molecular weight excluding hydrogens is 360 g/mol. The monoisotopic (exact) mass is 386 g/mol. The van der Waals surface area contributed by atoms with Crippen molar-refractivity contribution in [3.05, 3.63) is 90.5 Å². The third-order valence-corrected chi connectivity index (χ3v) is 5.11. The Morgan fingerprint density at radius 1 is 0.931 bits per heavy atom. The summed E-state index contributed by atoms with van der Waals surface area (Å²) in [4.78, 5) is 20.7. The molecule has 2 aromatic heterocycles. The molecule has 0 aliphatic rings. The van der Waals surface area contributed by atoms with E-state index < -0.39 is 0 Å². The molecule has 0 unspecified atom stereocenters. The van der Waals surface area contributed by atoms with Crippen molar-refractivity contribution < 1.29 is 4.79 Å². The number of carbonyl (C=O) groups is 1. The van der Waals surface area contributed by atoms with E-state index in [1.807, 2.05) is 66.7 Å². The maximum atomic E-state index is 12.6. The molecule has 29 heavy (non-hydrogen) atoms. The van der Waals surface area contributed by atoms with Crippen LogP contribution in [-0.2, 0) is 11.3 Å². The average molecular weight is 386 g/mol. The van der Waals surface area contributed by atoms with Gasteiger partial charge in [-0.3, -0.25) is 4.79 Å². The fourth-order valence-corrected chi connectivity index (χ4v) is 3.57. The summed E-state index contributed by atoms with van der Waals surface area (Å²) in [7, 11) is 0. The number of para-hydroxylation sites is 2. The van der Waals surface area contributed by atoms with Crippen LogP contribution in [0, 0.1) is 0 Å². The molecule has 2 N–H and O–H groups in total. The summed E-state index contributed by atoms with van der Waals surface area (Å²) < 4.78 is 2.17.